The molecule has 0 saturated heterocycles. The molecule has 25 heavy (non-hydrogen) atoms. The molecule has 2 aromatic carbocycles. The molecule has 0 aromatic heterocycles. The number of amidine groups is 1. The molecule has 1 heterocycles. The predicted molar refractivity (Wildman–Crippen MR) is 103 cm³/mol. The first-order valence-corrected chi connectivity index (χ1v) is 9.12. The number of aliphatic imine (C=N–C) groups is 1. The fraction of sp³-hybridized carbons (Fsp3) is 0.350. The Bertz CT molecular complexity index is 817. The van der Waals surface area contributed by atoms with Crippen LogP contribution in [0.25, 0.3) is 0 Å². The summed E-state index contributed by atoms with van der Waals surface area (Å²) in [5.74, 6) is 1.40. The molecule has 0 amide bonds. The van der Waals surface area contributed by atoms with E-state index in [-0.39, 0.29) is 11.4 Å². The number of nitrogens with zero attached hydrogens (tertiary/aromatic N) is 1. The van der Waals surface area contributed by atoms with Crippen LogP contribution in [-0.4, -0.2) is 25.0 Å². The number of hydrogen-bond acceptors (Lipinski definition) is 3. The van der Waals surface area contributed by atoms with Crippen LogP contribution in [-0.2, 0) is 12.8 Å². The van der Waals surface area contributed by atoms with Crippen LogP contribution in [0.5, 0.6) is 5.75 Å². The van der Waals surface area contributed by atoms with E-state index in [0.717, 1.165) is 27.2 Å². The molecule has 0 unspecified atom stereocenters. The van der Waals surface area contributed by atoms with Crippen LogP contribution in [0.4, 0.5) is 4.39 Å². The minimum absolute atomic E-state index is 0.0908. The normalized spacial score (nSPS) is 15.6. The van der Waals surface area contributed by atoms with E-state index in [1.54, 1.807) is 13.2 Å². The maximum atomic E-state index is 14.5. The molecule has 0 atom stereocenters. The van der Waals surface area contributed by atoms with Gasteiger partial charge in [0.05, 0.1) is 19.2 Å². The summed E-state index contributed by atoms with van der Waals surface area (Å²) < 4.78 is 20.9. The van der Waals surface area contributed by atoms with Crippen molar-refractivity contribution in [3.63, 3.8) is 0 Å². The molecule has 2 aromatic rings. The summed E-state index contributed by atoms with van der Waals surface area (Å²) in [7, 11) is 1.65. The molecule has 0 aliphatic carbocycles. The quantitative estimate of drug-likeness (QED) is 0.794. The SMILES string of the molecule is COc1ccc(Br)cc1CCc1c(F)cccc1C1=NCC(C)(C)N1. The number of halogens is 2. The van der Waals surface area contributed by atoms with Crippen molar-refractivity contribution in [1.29, 1.82) is 0 Å². The van der Waals surface area contributed by atoms with Gasteiger partial charge in [0.1, 0.15) is 17.4 Å². The van der Waals surface area contributed by atoms with Crippen LogP contribution in [0.2, 0.25) is 0 Å². The van der Waals surface area contributed by atoms with Crippen LogP contribution < -0.4 is 10.1 Å². The number of nitrogens with one attached hydrogen (secondary N) is 1. The zero-order chi connectivity index (χ0) is 18.0. The van der Waals surface area contributed by atoms with Gasteiger partial charge in [0, 0.05) is 10.0 Å². The lowest BCUT2D eigenvalue weighted by Gasteiger charge is -2.19. The number of aryl methyl sites for hydroxylation is 1. The molecule has 1 aliphatic heterocycles. The average molecular weight is 405 g/mol. The van der Waals surface area contributed by atoms with Crippen molar-refractivity contribution >= 4 is 21.8 Å². The summed E-state index contributed by atoms with van der Waals surface area (Å²) in [6, 6.07) is 11.1. The van der Waals surface area contributed by atoms with Crippen LogP contribution in [0.15, 0.2) is 45.9 Å². The molecule has 5 heteroatoms. The van der Waals surface area contributed by atoms with Crippen molar-refractivity contribution in [1.82, 2.24) is 5.32 Å². The number of ether oxygens (including phenoxy) is 1. The van der Waals surface area contributed by atoms with Crippen LogP contribution in [0.1, 0.15) is 30.5 Å². The maximum Gasteiger partial charge on any atom is 0.129 e. The molecule has 0 radical (unpaired) electrons. The monoisotopic (exact) mass is 404 g/mol. The van der Waals surface area contributed by atoms with Gasteiger partial charge in [0.15, 0.2) is 0 Å². The highest BCUT2D eigenvalue weighted by molar-refractivity contribution is 9.10. The van der Waals surface area contributed by atoms with Gasteiger partial charge in [-0.05, 0) is 62.1 Å². The Kier molecular flexibility index (Phi) is 5.13. The summed E-state index contributed by atoms with van der Waals surface area (Å²) in [6.07, 6.45) is 1.27. The molecule has 1 aliphatic rings. The van der Waals surface area contributed by atoms with E-state index < -0.39 is 0 Å². The molecule has 1 N–H and O–H groups in total. The van der Waals surface area contributed by atoms with Gasteiger partial charge < -0.3 is 10.1 Å². The topological polar surface area (TPSA) is 33.6 Å². The van der Waals surface area contributed by atoms with Crippen molar-refractivity contribution in [2.24, 2.45) is 4.99 Å². The van der Waals surface area contributed by atoms with E-state index in [0.29, 0.717) is 24.9 Å². The number of methoxy groups -OCH3 is 1. The molecule has 3 rings (SSSR count). The minimum Gasteiger partial charge on any atom is -0.496 e. The van der Waals surface area contributed by atoms with E-state index in [1.807, 2.05) is 24.3 Å². The average Bonchev–Trinajstić information content (AvgIpc) is 2.93. The number of benzene rings is 2. The summed E-state index contributed by atoms with van der Waals surface area (Å²) in [4.78, 5) is 4.57. The van der Waals surface area contributed by atoms with Crippen LogP contribution >= 0.6 is 15.9 Å². The van der Waals surface area contributed by atoms with Gasteiger partial charge in [-0.3, -0.25) is 4.99 Å². The van der Waals surface area contributed by atoms with Crippen molar-refractivity contribution in [3.8, 4) is 5.75 Å². The third kappa shape index (κ3) is 4.03. The van der Waals surface area contributed by atoms with Crippen molar-refractivity contribution in [2.45, 2.75) is 32.2 Å². The first-order valence-electron chi connectivity index (χ1n) is 8.32. The zero-order valence-electron chi connectivity index (χ0n) is 14.7. The molecule has 0 spiro atoms. The zero-order valence-corrected chi connectivity index (χ0v) is 16.3. The lowest BCUT2D eigenvalue weighted by atomic mass is 9.97. The number of rotatable bonds is 5. The van der Waals surface area contributed by atoms with Crippen molar-refractivity contribution < 1.29 is 9.13 Å². The summed E-state index contributed by atoms with van der Waals surface area (Å²) in [5.41, 5.74) is 2.49. The van der Waals surface area contributed by atoms with E-state index in [4.69, 9.17) is 4.74 Å². The Hall–Kier alpha value is -1.88. The Morgan fingerprint density at radius 3 is 2.72 bits per heavy atom. The smallest absolute Gasteiger partial charge is 0.129 e. The Morgan fingerprint density at radius 1 is 1.24 bits per heavy atom. The summed E-state index contributed by atoms with van der Waals surface area (Å²) in [6.45, 7) is 4.88. The second kappa shape index (κ2) is 7.16. The molecule has 132 valence electrons. The van der Waals surface area contributed by atoms with E-state index >= 15 is 0 Å². The molecule has 0 saturated carbocycles. The maximum absolute atomic E-state index is 14.5. The van der Waals surface area contributed by atoms with E-state index in [2.05, 4.69) is 40.1 Å². The van der Waals surface area contributed by atoms with Crippen LogP contribution in [0, 0.1) is 5.82 Å². The van der Waals surface area contributed by atoms with Crippen molar-refractivity contribution in [3.05, 3.63) is 63.4 Å². The van der Waals surface area contributed by atoms with Crippen molar-refractivity contribution in [2.75, 3.05) is 13.7 Å². The molecule has 0 fully saturated rings. The third-order valence-corrected chi connectivity index (χ3v) is 4.84. The molecule has 0 bridgehead atoms. The largest absolute Gasteiger partial charge is 0.496 e. The van der Waals surface area contributed by atoms with Gasteiger partial charge >= 0.3 is 0 Å². The standard InChI is InChI=1S/C20H22BrFN2O/c1-20(2)12-23-19(24-20)16-5-4-6-17(22)15(16)9-7-13-11-14(21)8-10-18(13)25-3/h4-6,8,10-11H,7,9,12H2,1-3H3,(H,23,24). The van der Waals surface area contributed by atoms with Gasteiger partial charge in [0.2, 0.25) is 0 Å². The Balaban J connectivity index is 1.87. The Morgan fingerprint density at radius 2 is 2.04 bits per heavy atom. The lowest BCUT2D eigenvalue weighted by Crippen LogP contribution is -2.40. The fourth-order valence-corrected chi connectivity index (χ4v) is 3.47. The minimum atomic E-state index is -0.194. The van der Waals surface area contributed by atoms with E-state index in [9.17, 15) is 4.39 Å². The van der Waals surface area contributed by atoms with Gasteiger partial charge in [-0.15, -0.1) is 0 Å². The number of hydrogen-bond donors (Lipinski definition) is 1. The van der Waals surface area contributed by atoms with Gasteiger partial charge in [-0.1, -0.05) is 28.1 Å². The predicted octanol–water partition coefficient (Wildman–Crippen LogP) is 4.51. The fourth-order valence-electron chi connectivity index (χ4n) is 3.07. The third-order valence-electron chi connectivity index (χ3n) is 4.35. The first-order chi connectivity index (χ1) is 11.9. The van der Waals surface area contributed by atoms with E-state index in [1.165, 1.54) is 6.07 Å². The molecular formula is C20H22BrFN2O. The highest BCUT2D eigenvalue weighted by Gasteiger charge is 2.27. The molecular weight excluding hydrogens is 383 g/mol. The molecule has 3 nitrogen and oxygen atoms in total. The van der Waals surface area contributed by atoms with Gasteiger partial charge in [-0.25, -0.2) is 4.39 Å². The van der Waals surface area contributed by atoms with Crippen LogP contribution in [0.3, 0.4) is 0 Å². The summed E-state index contributed by atoms with van der Waals surface area (Å²) in [5, 5.41) is 3.40. The van der Waals surface area contributed by atoms with Gasteiger partial charge in [-0.2, -0.15) is 0 Å². The summed E-state index contributed by atoms with van der Waals surface area (Å²) >= 11 is 3.49. The highest BCUT2D eigenvalue weighted by atomic mass is 79.9. The highest BCUT2D eigenvalue weighted by Crippen LogP contribution is 2.26. The Labute approximate surface area is 156 Å². The second-order valence-corrected chi connectivity index (χ2v) is 7.81. The van der Waals surface area contributed by atoms with Gasteiger partial charge in [0.25, 0.3) is 0 Å². The lowest BCUT2D eigenvalue weighted by molar-refractivity contribution is 0.409. The first kappa shape index (κ1) is 17.9. The second-order valence-electron chi connectivity index (χ2n) is 6.90.